The molecule has 6 nitrogen and oxygen atoms in total. The zero-order chi connectivity index (χ0) is 20.2. The van der Waals surface area contributed by atoms with Crippen LogP contribution in [0.1, 0.15) is 26.3 Å². The molecule has 1 aromatic carbocycles. The maximum absolute atomic E-state index is 12.6. The van der Waals surface area contributed by atoms with Crippen LogP contribution in [-0.4, -0.2) is 53.9 Å². The van der Waals surface area contributed by atoms with Crippen molar-refractivity contribution in [1.82, 2.24) is 9.47 Å². The van der Waals surface area contributed by atoms with Crippen LogP contribution >= 0.6 is 0 Å². The van der Waals surface area contributed by atoms with E-state index in [0.717, 1.165) is 16.5 Å². The van der Waals surface area contributed by atoms with Crippen molar-refractivity contribution in [3.8, 4) is 0 Å². The lowest BCUT2D eigenvalue weighted by molar-refractivity contribution is -0.147. The van der Waals surface area contributed by atoms with E-state index in [0.29, 0.717) is 6.42 Å². The highest BCUT2D eigenvalue weighted by Crippen LogP contribution is 2.25. The summed E-state index contributed by atoms with van der Waals surface area (Å²) < 4.78 is 12.2. The van der Waals surface area contributed by atoms with Crippen molar-refractivity contribution < 1.29 is 19.1 Å². The maximum Gasteiger partial charge on any atom is 0.419 e. The second-order valence-electron chi connectivity index (χ2n) is 7.62. The molecule has 0 aliphatic heterocycles. The van der Waals surface area contributed by atoms with Crippen LogP contribution in [0.4, 0.5) is 4.79 Å². The smallest absolute Gasteiger partial charge is 0.419 e. The summed E-state index contributed by atoms with van der Waals surface area (Å²) >= 11 is 0. The number of carbonyl (C=O) groups is 2. The van der Waals surface area contributed by atoms with Gasteiger partial charge in [-0.25, -0.2) is 4.79 Å². The molecule has 2 aromatic rings. The number of para-hydroxylation sites is 1. The Morgan fingerprint density at radius 3 is 2.52 bits per heavy atom. The van der Waals surface area contributed by atoms with Crippen molar-refractivity contribution >= 4 is 23.0 Å². The Kier molecular flexibility index (Phi) is 6.44. The Bertz CT molecular complexity index is 830. The van der Waals surface area contributed by atoms with E-state index in [1.165, 1.54) is 4.57 Å². The first-order valence-corrected chi connectivity index (χ1v) is 8.90. The minimum absolute atomic E-state index is 0.169. The SMILES string of the molecule is C=CCOC(=O)C(Cc1cn(C(=O)OC(C)(C)C)c2ccccc12)N(C)C. The summed E-state index contributed by atoms with van der Waals surface area (Å²) in [5.74, 6) is -0.325. The summed E-state index contributed by atoms with van der Waals surface area (Å²) in [6.07, 6.45) is 3.26. The number of aromatic nitrogens is 1. The molecule has 146 valence electrons. The molecule has 2 rings (SSSR count). The fraction of sp³-hybridized carbons (Fsp3) is 0.429. The van der Waals surface area contributed by atoms with Gasteiger partial charge >= 0.3 is 12.1 Å². The number of likely N-dealkylation sites (N-methyl/N-ethyl adjacent to an activating group) is 1. The van der Waals surface area contributed by atoms with E-state index in [4.69, 9.17) is 9.47 Å². The standard InChI is InChI=1S/C21H28N2O4/c1-7-12-26-19(24)18(22(5)6)13-15-14-23(20(25)27-21(2,3)4)17-11-9-8-10-16(15)17/h7-11,14,18H,1,12-13H2,2-6H3. The second-order valence-corrected chi connectivity index (χ2v) is 7.62. The van der Waals surface area contributed by atoms with Crippen LogP contribution < -0.4 is 0 Å². The molecular weight excluding hydrogens is 344 g/mol. The lowest BCUT2D eigenvalue weighted by atomic mass is 10.0. The van der Waals surface area contributed by atoms with Crippen LogP contribution in [0.3, 0.4) is 0 Å². The number of benzene rings is 1. The van der Waals surface area contributed by atoms with Crippen molar-refractivity contribution in [3.63, 3.8) is 0 Å². The molecule has 1 unspecified atom stereocenters. The fourth-order valence-corrected chi connectivity index (χ4v) is 2.80. The summed E-state index contributed by atoms with van der Waals surface area (Å²) in [5.41, 5.74) is 1.04. The van der Waals surface area contributed by atoms with Gasteiger partial charge in [-0.3, -0.25) is 14.3 Å². The van der Waals surface area contributed by atoms with Crippen LogP contribution in [0.25, 0.3) is 10.9 Å². The van der Waals surface area contributed by atoms with E-state index >= 15 is 0 Å². The predicted octanol–water partition coefficient (Wildman–Crippen LogP) is 3.63. The molecule has 0 aliphatic carbocycles. The van der Waals surface area contributed by atoms with Crippen LogP contribution in [-0.2, 0) is 20.7 Å². The van der Waals surface area contributed by atoms with Gasteiger partial charge in [0, 0.05) is 18.0 Å². The van der Waals surface area contributed by atoms with Gasteiger partial charge in [0.05, 0.1) is 5.52 Å². The van der Waals surface area contributed by atoms with Gasteiger partial charge in [0.15, 0.2) is 0 Å². The van der Waals surface area contributed by atoms with E-state index in [1.807, 2.05) is 64.0 Å². The molecule has 1 aromatic heterocycles. The average molecular weight is 372 g/mol. The second kappa shape index (κ2) is 8.39. The molecule has 0 saturated heterocycles. The third-order valence-corrected chi connectivity index (χ3v) is 4.04. The highest BCUT2D eigenvalue weighted by atomic mass is 16.6. The lowest BCUT2D eigenvalue weighted by Crippen LogP contribution is -2.39. The molecule has 0 N–H and O–H groups in total. The molecule has 27 heavy (non-hydrogen) atoms. The first-order valence-electron chi connectivity index (χ1n) is 8.90. The van der Waals surface area contributed by atoms with Gasteiger partial charge in [-0.15, -0.1) is 0 Å². The van der Waals surface area contributed by atoms with Crippen molar-refractivity contribution in [1.29, 1.82) is 0 Å². The van der Waals surface area contributed by atoms with Gasteiger partial charge in [-0.2, -0.15) is 0 Å². The quantitative estimate of drug-likeness (QED) is 0.572. The van der Waals surface area contributed by atoms with Crippen LogP contribution in [0.15, 0.2) is 43.1 Å². The Morgan fingerprint density at radius 2 is 1.93 bits per heavy atom. The molecular formula is C21H28N2O4. The summed E-state index contributed by atoms with van der Waals surface area (Å²) in [6.45, 7) is 9.22. The van der Waals surface area contributed by atoms with E-state index < -0.39 is 17.7 Å². The van der Waals surface area contributed by atoms with E-state index in [1.54, 1.807) is 12.3 Å². The van der Waals surface area contributed by atoms with Crippen LogP contribution in [0, 0.1) is 0 Å². The highest BCUT2D eigenvalue weighted by molar-refractivity contribution is 5.92. The van der Waals surface area contributed by atoms with E-state index in [2.05, 4.69) is 6.58 Å². The summed E-state index contributed by atoms with van der Waals surface area (Å²) in [4.78, 5) is 26.8. The number of nitrogens with zero attached hydrogens (tertiary/aromatic N) is 2. The monoisotopic (exact) mass is 372 g/mol. The Balaban J connectivity index is 2.39. The van der Waals surface area contributed by atoms with Crippen molar-refractivity contribution in [2.45, 2.75) is 38.8 Å². The lowest BCUT2D eigenvalue weighted by Gasteiger charge is -2.22. The first-order chi connectivity index (χ1) is 12.6. The van der Waals surface area contributed by atoms with Gasteiger partial charge in [-0.1, -0.05) is 30.9 Å². The van der Waals surface area contributed by atoms with Crippen LogP contribution in [0.5, 0.6) is 0 Å². The Labute approximate surface area is 160 Å². The minimum Gasteiger partial charge on any atom is -0.460 e. The predicted molar refractivity (Wildman–Crippen MR) is 106 cm³/mol. The number of carbonyl (C=O) groups excluding carboxylic acids is 2. The molecule has 1 atom stereocenters. The zero-order valence-corrected chi connectivity index (χ0v) is 16.7. The maximum atomic E-state index is 12.6. The topological polar surface area (TPSA) is 60.8 Å². The number of rotatable bonds is 6. The fourth-order valence-electron chi connectivity index (χ4n) is 2.80. The number of esters is 1. The summed E-state index contributed by atoms with van der Waals surface area (Å²) in [6, 6.07) is 7.11. The van der Waals surface area contributed by atoms with Gasteiger partial charge in [0.1, 0.15) is 18.2 Å². The first kappa shape index (κ1) is 20.7. The van der Waals surface area contributed by atoms with Crippen molar-refractivity contribution in [3.05, 3.63) is 48.7 Å². The molecule has 0 fully saturated rings. The molecule has 0 amide bonds. The zero-order valence-electron chi connectivity index (χ0n) is 16.7. The molecule has 1 heterocycles. The molecule has 0 saturated carbocycles. The summed E-state index contributed by atoms with van der Waals surface area (Å²) in [5, 5.41) is 0.909. The third kappa shape index (κ3) is 5.20. The number of ether oxygens (including phenoxy) is 2. The highest BCUT2D eigenvalue weighted by Gasteiger charge is 2.26. The average Bonchev–Trinajstić information content (AvgIpc) is 2.94. The molecule has 0 radical (unpaired) electrons. The number of hydrogen-bond donors (Lipinski definition) is 0. The Hall–Kier alpha value is -2.60. The van der Waals surface area contributed by atoms with Gasteiger partial charge < -0.3 is 9.47 Å². The van der Waals surface area contributed by atoms with Gasteiger partial charge in [0.25, 0.3) is 0 Å². The normalized spacial score (nSPS) is 12.8. The van der Waals surface area contributed by atoms with E-state index in [9.17, 15) is 9.59 Å². The van der Waals surface area contributed by atoms with Crippen molar-refractivity contribution in [2.24, 2.45) is 0 Å². The van der Waals surface area contributed by atoms with Crippen LogP contribution in [0.2, 0.25) is 0 Å². The Morgan fingerprint density at radius 1 is 1.26 bits per heavy atom. The molecule has 6 heteroatoms. The minimum atomic E-state index is -0.594. The third-order valence-electron chi connectivity index (χ3n) is 4.04. The van der Waals surface area contributed by atoms with Gasteiger partial charge in [0.2, 0.25) is 0 Å². The summed E-state index contributed by atoms with van der Waals surface area (Å²) in [7, 11) is 3.65. The van der Waals surface area contributed by atoms with Gasteiger partial charge in [-0.05, 0) is 46.5 Å². The largest absolute Gasteiger partial charge is 0.460 e. The molecule has 0 bridgehead atoms. The molecule has 0 spiro atoms. The van der Waals surface area contributed by atoms with E-state index in [-0.39, 0.29) is 12.6 Å². The molecule has 0 aliphatic rings. The van der Waals surface area contributed by atoms with Crippen molar-refractivity contribution in [2.75, 3.05) is 20.7 Å². The number of hydrogen-bond acceptors (Lipinski definition) is 5. The number of fused-ring (bicyclic) bond motifs is 1.